The Morgan fingerprint density at radius 1 is 0.881 bits per heavy atom. The second-order valence-corrected chi connectivity index (χ2v) is 11.0. The number of aromatic amines is 1. The number of rotatable bonds is 9. The van der Waals surface area contributed by atoms with Gasteiger partial charge in [-0.25, -0.2) is 0 Å². The molecule has 0 spiro atoms. The van der Waals surface area contributed by atoms with Gasteiger partial charge in [-0.15, -0.1) is 10.2 Å². The smallest absolute Gasteiger partial charge is 0.223 e. The summed E-state index contributed by atoms with van der Waals surface area (Å²) in [6, 6.07) is 26.8. The molecule has 7 heteroatoms. The van der Waals surface area contributed by atoms with E-state index >= 15 is 0 Å². The quantitative estimate of drug-likeness (QED) is 0.207. The third-order valence-corrected chi connectivity index (χ3v) is 8.08. The standard InChI is InChI=1S/C26H32N4O2.C9H9N/c1-32-23-15-12-21(13-16-23)19-30-24(17-14-20-8-4-2-5-9-20)28-29-25(30)18-27-26(31)22-10-6-3-7-11-22;1-7-6-10-9-5-3-2-4-8(7)9/h2,4-5,8-9,12-13,15-16,22H,3,6-7,10-11,14,17-19H2,1H3,(H,27,31);2-6,10H,1H3. The Hall–Kier alpha value is -4.39. The first kappa shape index (κ1) is 29.1. The molecule has 6 rings (SSSR count). The van der Waals surface area contributed by atoms with Crippen LogP contribution in [0.1, 0.15) is 60.4 Å². The van der Waals surface area contributed by atoms with Crippen molar-refractivity contribution >= 4 is 16.8 Å². The van der Waals surface area contributed by atoms with Crippen LogP contribution in [0.5, 0.6) is 5.75 Å². The van der Waals surface area contributed by atoms with Gasteiger partial charge >= 0.3 is 0 Å². The number of amides is 1. The predicted octanol–water partition coefficient (Wildman–Crippen LogP) is 6.79. The molecule has 0 aliphatic heterocycles. The highest BCUT2D eigenvalue weighted by Gasteiger charge is 2.22. The van der Waals surface area contributed by atoms with Crippen LogP contribution >= 0.6 is 0 Å². The lowest BCUT2D eigenvalue weighted by Crippen LogP contribution is -2.32. The molecule has 1 aliphatic carbocycles. The van der Waals surface area contributed by atoms with Crippen LogP contribution in [0, 0.1) is 12.8 Å². The Morgan fingerprint density at radius 3 is 2.33 bits per heavy atom. The summed E-state index contributed by atoms with van der Waals surface area (Å²) in [6.07, 6.45) is 9.25. The summed E-state index contributed by atoms with van der Waals surface area (Å²) in [5.41, 5.74) is 4.96. The molecule has 0 bridgehead atoms. The van der Waals surface area contributed by atoms with Crippen LogP contribution in [0.4, 0.5) is 0 Å². The Bertz CT molecular complexity index is 1550. The van der Waals surface area contributed by atoms with Crippen molar-refractivity contribution < 1.29 is 9.53 Å². The van der Waals surface area contributed by atoms with Crippen molar-refractivity contribution in [3.05, 3.63) is 113 Å². The number of benzene rings is 3. The number of hydrogen-bond donors (Lipinski definition) is 2. The third kappa shape index (κ3) is 7.66. The highest BCUT2D eigenvalue weighted by molar-refractivity contribution is 5.82. The minimum Gasteiger partial charge on any atom is -0.497 e. The van der Waals surface area contributed by atoms with Gasteiger partial charge in [-0.2, -0.15) is 0 Å². The molecule has 42 heavy (non-hydrogen) atoms. The number of ether oxygens (including phenoxy) is 1. The van der Waals surface area contributed by atoms with E-state index in [4.69, 9.17) is 4.74 Å². The van der Waals surface area contributed by atoms with Crippen molar-refractivity contribution in [2.75, 3.05) is 7.11 Å². The SMILES string of the molecule is COc1ccc(Cn2c(CCc3ccccc3)nnc2CNC(=O)C2CCCCC2)cc1.Cc1c[nH]c2ccccc12. The number of methoxy groups -OCH3 is 1. The summed E-state index contributed by atoms with van der Waals surface area (Å²) in [7, 11) is 1.67. The van der Waals surface area contributed by atoms with Crippen molar-refractivity contribution in [3.63, 3.8) is 0 Å². The second kappa shape index (κ2) is 14.5. The van der Waals surface area contributed by atoms with Crippen LogP contribution in [0.15, 0.2) is 85.1 Å². The number of nitrogens with zero attached hydrogens (tertiary/aromatic N) is 3. The van der Waals surface area contributed by atoms with Crippen molar-refractivity contribution in [3.8, 4) is 5.75 Å². The average Bonchev–Trinajstić information content (AvgIpc) is 3.62. The highest BCUT2D eigenvalue weighted by Crippen LogP contribution is 2.24. The lowest BCUT2D eigenvalue weighted by molar-refractivity contribution is -0.126. The van der Waals surface area contributed by atoms with Crippen LogP contribution in [0.3, 0.4) is 0 Å². The van der Waals surface area contributed by atoms with Crippen LogP contribution in [0.2, 0.25) is 0 Å². The summed E-state index contributed by atoms with van der Waals surface area (Å²) in [4.78, 5) is 15.8. The normalized spacial score (nSPS) is 13.4. The van der Waals surface area contributed by atoms with Gasteiger partial charge in [0.25, 0.3) is 0 Å². The summed E-state index contributed by atoms with van der Waals surface area (Å²) in [5.74, 6) is 2.86. The van der Waals surface area contributed by atoms with Gasteiger partial charge in [-0.3, -0.25) is 4.79 Å². The number of carbonyl (C=O) groups is 1. The largest absolute Gasteiger partial charge is 0.497 e. The van der Waals surface area contributed by atoms with Gasteiger partial charge in [0, 0.05) is 29.4 Å². The molecule has 1 amide bonds. The van der Waals surface area contributed by atoms with Crippen LogP contribution in [-0.2, 0) is 30.7 Å². The Balaban J connectivity index is 0.000000295. The Labute approximate surface area is 248 Å². The number of fused-ring (bicyclic) bond motifs is 1. The van der Waals surface area contributed by atoms with E-state index < -0.39 is 0 Å². The third-order valence-electron chi connectivity index (χ3n) is 8.08. The monoisotopic (exact) mass is 563 g/mol. The fourth-order valence-corrected chi connectivity index (χ4v) is 5.58. The van der Waals surface area contributed by atoms with Crippen LogP contribution in [-0.4, -0.2) is 32.8 Å². The first-order chi connectivity index (χ1) is 20.6. The minimum atomic E-state index is 0.138. The molecule has 1 saturated carbocycles. The fraction of sp³-hybridized carbons (Fsp3) is 0.343. The van der Waals surface area contributed by atoms with Crippen LogP contribution in [0.25, 0.3) is 10.9 Å². The van der Waals surface area contributed by atoms with Gasteiger partial charge < -0.3 is 19.6 Å². The number of aromatic nitrogens is 4. The molecule has 7 nitrogen and oxygen atoms in total. The molecular formula is C35H41N5O2. The first-order valence-corrected chi connectivity index (χ1v) is 15.0. The molecular weight excluding hydrogens is 522 g/mol. The van der Waals surface area contributed by atoms with Crippen molar-refractivity contribution in [1.29, 1.82) is 0 Å². The average molecular weight is 564 g/mol. The fourth-order valence-electron chi connectivity index (χ4n) is 5.58. The molecule has 5 aromatic rings. The minimum absolute atomic E-state index is 0.138. The van der Waals surface area contributed by atoms with E-state index in [9.17, 15) is 4.79 Å². The predicted molar refractivity (Wildman–Crippen MR) is 167 cm³/mol. The number of hydrogen-bond acceptors (Lipinski definition) is 4. The van der Waals surface area contributed by atoms with Gasteiger partial charge in [-0.05, 0) is 61.1 Å². The number of carbonyl (C=O) groups excluding carboxylic acids is 1. The lowest BCUT2D eigenvalue weighted by atomic mass is 9.89. The number of H-pyrrole nitrogens is 1. The summed E-state index contributed by atoms with van der Waals surface area (Å²) >= 11 is 0. The van der Waals surface area contributed by atoms with Gasteiger partial charge in [-0.1, -0.05) is 79.9 Å². The summed E-state index contributed by atoms with van der Waals surface area (Å²) in [5, 5.41) is 13.4. The zero-order valence-corrected chi connectivity index (χ0v) is 24.7. The number of aryl methyl sites for hydroxylation is 3. The van der Waals surface area contributed by atoms with Crippen LogP contribution < -0.4 is 10.1 Å². The molecule has 218 valence electrons. The molecule has 0 unspecified atom stereocenters. The van der Waals surface area contributed by atoms with E-state index in [1.807, 2.05) is 30.5 Å². The van der Waals surface area contributed by atoms with E-state index in [-0.39, 0.29) is 11.8 Å². The van der Waals surface area contributed by atoms with Crippen molar-refractivity contribution in [1.82, 2.24) is 25.1 Å². The van der Waals surface area contributed by atoms with Gasteiger partial charge in [0.1, 0.15) is 11.6 Å². The molecule has 0 radical (unpaired) electrons. The second-order valence-electron chi connectivity index (χ2n) is 11.0. The summed E-state index contributed by atoms with van der Waals surface area (Å²) < 4.78 is 7.43. The summed E-state index contributed by atoms with van der Waals surface area (Å²) in [6.45, 7) is 3.18. The van der Waals surface area contributed by atoms with Crippen molar-refractivity contribution in [2.24, 2.45) is 5.92 Å². The molecule has 0 atom stereocenters. The highest BCUT2D eigenvalue weighted by atomic mass is 16.5. The molecule has 0 saturated heterocycles. The van der Waals surface area contributed by atoms with E-state index in [0.29, 0.717) is 13.1 Å². The number of para-hydroxylation sites is 1. The topological polar surface area (TPSA) is 84.8 Å². The van der Waals surface area contributed by atoms with E-state index in [1.54, 1.807) is 7.11 Å². The van der Waals surface area contributed by atoms with E-state index in [2.05, 4.69) is 86.6 Å². The van der Waals surface area contributed by atoms with Gasteiger partial charge in [0.15, 0.2) is 5.82 Å². The number of nitrogens with one attached hydrogen (secondary N) is 2. The molecule has 1 fully saturated rings. The maximum absolute atomic E-state index is 12.6. The van der Waals surface area contributed by atoms with E-state index in [1.165, 1.54) is 28.5 Å². The van der Waals surface area contributed by atoms with Crippen molar-refractivity contribution in [2.45, 2.75) is 65.0 Å². The zero-order valence-electron chi connectivity index (χ0n) is 24.7. The molecule has 1 aliphatic rings. The maximum Gasteiger partial charge on any atom is 0.223 e. The first-order valence-electron chi connectivity index (χ1n) is 15.0. The van der Waals surface area contributed by atoms with Gasteiger partial charge in [0.05, 0.1) is 20.2 Å². The molecule has 3 aromatic carbocycles. The van der Waals surface area contributed by atoms with Gasteiger partial charge in [0.2, 0.25) is 5.91 Å². The molecule has 2 heterocycles. The lowest BCUT2D eigenvalue weighted by Gasteiger charge is -2.20. The Morgan fingerprint density at radius 2 is 1.60 bits per heavy atom. The molecule has 2 aromatic heterocycles. The zero-order chi connectivity index (χ0) is 29.1. The molecule has 2 N–H and O–H groups in total. The van der Waals surface area contributed by atoms with E-state index in [0.717, 1.165) is 61.5 Å². The Kier molecular flexibility index (Phi) is 10.0. The maximum atomic E-state index is 12.6.